The maximum absolute atomic E-state index is 13.4. The second kappa shape index (κ2) is 5.26. The average molecular weight is 256 g/mol. The van der Waals surface area contributed by atoms with E-state index in [-0.39, 0.29) is 12.0 Å². The van der Waals surface area contributed by atoms with Gasteiger partial charge in [0.1, 0.15) is 11.6 Å². The number of hydrazine groups is 1. The van der Waals surface area contributed by atoms with Crippen LogP contribution in [-0.4, -0.2) is 9.59 Å². The van der Waals surface area contributed by atoms with Crippen LogP contribution in [0.5, 0.6) is 0 Å². The summed E-state index contributed by atoms with van der Waals surface area (Å²) in [6.45, 7) is 0. The molecule has 0 aliphatic rings. The van der Waals surface area contributed by atoms with Gasteiger partial charge < -0.3 is 0 Å². The number of nitrogens with one attached hydrogen (secondary N) is 1. The lowest BCUT2D eigenvalue weighted by Gasteiger charge is -2.13. The largest absolute Gasteiger partial charge is 0.271 e. The van der Waals surface area contributed by atoms with Gasteiger partial charge in [-0.25, -0.2) is 8.78 Å². The number of hydrogen-bond donors (Lipinski definition) is 2. The van der Waals surface area contributed by atoms with Gasteiger partial charge in [0.25, 0.3) is 0 Å². The van der Waals surface area contributed by atoms with Gasteiger partial charge in [-0.15, -0.1) is 5.10 Å². The van der Waals surface area contributed by atoms with Crippen LogP contribution in [0.2, 0.25) is 0 Å². The summed E-state index contributed by atoms with van der Waals surface area (Å²) in [5, 5.41) is 5.51. The molecule has 2 aromatic rings. The van der Waals surface area contributed by atoms with Crippen molar-refractivity contribution < 1.29 is 8.78 Å². The smallest absolute Gasteiger partial charge is 0.129 e. The van der Waals surface area contributed by atoms with E-state index in [0.717, 1.165) is 11.5 Å². The third-order valence-corrected chi connectivity index (χ3v) is 2.93. The van der Waals surface area contributed by atoms with E-state index in [0.29, 0.717) is 5.69 Å². The third-order valence-electron chi connectivity index (χ3n) is 2.41. The SMILES string of the molecule is NNC(Cc1c(F)cccc1F)c1csnn1. The molecule has 0 radical (unpaired) electrons. The topological polar surface area (TPSA) is 63.8 Å². The Morgan fingerprint density at radius 1 is 1.35 bits per heavy atom. The lowest BCUT2D eigenvalue weighted by atomic mass is 10.0. The first kappa shape index (κ1) is 12.0. The standard InChI is InChI=1S/C10H10F2N4S/c11-7-2-1-3-8(12)6(7)4-9(14-13)10-5-17-16-15-10/h1-3,5,9,14H,4,13H2. The summed E-state index contributed by atoms with van der Waals surface area (Å²) < 4.78 is 30.6. The van der Waals surface area contributed by atoms with E-state index in [1.54, 1.807) is 5.38 Å². The Labute approximate surface area is 101 Å². The fraction of sp³-hybridized carbons (Fsp3) is 0.200. The van der Waals surface area contributed by atoms with Crippen LogP contribution in [0.15, 0.2) is 23.6 Å². The first-order valence-electron chi connectivity index (χ1n) is 4.88. The highest BCUT2D eigenvalue weighted by atomic mass is 32.1. The monoisotopic (exact) mass is 256 g/mol. The highest BCUT2D eigenvalue weighted by Gasteiger charge is 2.18. The lowest BCUT2D eigenvalue weighted by Crippen LogP contribution is -2.30. The van der Waals surface area contributed by atoms with Crippen molar-refractivity contribution in [2.24, 2.45) is 5.84 Å². The van der Waals surface area contributed by atoms with Crippen LogP contribution < -0.4 is 11.3 Å². The first-order valence-corrected chi connectivity index (χ1v) is 5.72. The molecule has 3 N–H and O–H groups in total. The maximum Gasteiger partial charge on any atom is 0.129 e. The maximum atomic E-state index is 13.4. The number of benzene rings is 1. The minimum Gasteiger partial charge on any atom is -0.271 e. The number of aromatic nitrogens is 2. The Morgan fingerprint density at radius 3 is 2.59 bits per heavy atom. The van der Waals surface area contributed by atoms with Crippen molar-refractivity contribution in [3.63, 3.8) is 0 Å². The van der Waals surface area contributed by atoms with Crippen LogP contribution in [0.1, 0.15) is 17.3 Å². The zero-order valence-corrected chi connectivity index (χ0v) is 9.55. The van der Waals surface area contributed by atoms with E-state index in [9.17, 15) is 8.78 Å². The van der Waals surface area contributed by atoms with Crippen molar-refractivity contribution in [3.8, 4) is 0 Å². The van der Waals surface area contributed by atoms with Gasteiger partial charge in [0, 0.05) is 17.4 Å². The predicted octanol–water partition coefficient (Wildman–Crippen LogP) is 1.56. The minimum absolute atomic E-state index is 0.0107. The van der Waals surface area contributed by atoms with Crippen molar-refractivity contribution >= 4 is 11.5 Å². The zero-order chi connectivity index (χ0) is 12.3. The molecule has 0 amide bonds. The molecule has 2 rings (SSSR count). The van der Waals surface area contributed by atoms with Gasteiger partial charge in [-0.1, -0.05) is 10.6 Å². The molecule has 1 unspecified atom stereocenters. The molecule has 7 heteroatoms. The predicted molar refractivity (Wildman–Crippen MR) is 60.0 cm³/mol. The van der Waals surface area contributed by atoms with Crippen molar-refractivity contribution in [1.82, 2.24) is 15.0 Å². The molecule has 1 atom stereocenters. The summed E-state index contributed by atoms with van der Waals surface area (Å²) in [6.07, 6.45) is 0.0837. The Hall–Kier alpha value is -1.44. The van der Waals surface area contributed by atoms with Gasteiger partial charge in [-0.05, 0) is 23.7 Å². The summed E-state index contributed by atoms with van der Waals surface area (Å²) in [7, 11) is 0. The van der Waals surface area contributed by atoms with Gasteiger partial charge in [0.05, 0.1) is 11.7 Å². The molecular weight excluding hydrogens is 246 g/mol. The van der Waals surface area contributed by atoms with Crippen LogP contribution >= 0.6 is 11.5 Å². The second-order valence-corrected chi connectivity index (χ2v) is 4.06. The minimum atomic E-state index is -0.589. The number of rotatable bonds is 4. The summed E-state index contributed by atoms with van der Waals surface area (Å²) in [4.78, 5) is 0. The molecule has 0 fully saturated rings. The van der Waals surface area contributed by atoms with Gasteiger partial charge in [0.2, 0.25) is 0 Å². The van der Waals surface area contributed by atoms with E-state index >= 15 is 0 Å². The number of hydrogen-bond acceptors (Lipinski definition) is 5. The molecule has 0 saturated carbocycles. The number of halogens is 2. The van der Waals surface area contributed by atoms with Gasteiger partial charge in [-0.2, -0.15) is 0 Å². The Balaban J connectivity index is 2.25. The van der Waals surface area contributed by atoms with Crippen LogP contribution in [-0.2, 0) is 6.42 Å². The van der Waals surface area contributed by atoms with E-state index < -0.39 is 17.7 Å². The molecule has 0 aliphatic heterocycles. The second-order valence-electron chi connectivity index (χ2n) is 3.45. The molecule has 0 aliphatic carbocycles. The van der Waals surface area contributed by atoms with Crippen molar-refractivity contribution in [3.05, 3.63) is 46.5 Å². The molecule has 0 saturated heterocycles. The molecule has 1 heterocycles. The Bertz CT molecular complexity index is 469. The van der Waals surface area contributed by atoms with Crippen molar-refractivity contribution in [2.45, 2.75) is 12.5 Å². The molecular formula is C10H10F2N4S. The summed E-state index contributed by atoms with van der Waals surface area (Å²) in [5.74, 6) is 4.18. The van der Waals surface area contributed by atoms with Gasteiger partial charge in [-0.3, -0.25) is 11.3 Å². The van der Waals surface area contributed by atoms with Crippen LogP contribution in [0.25, 0.3) is 0 Å². The zero-order valence-electron chi connectivity index (χ0n) is 8.73. The molecule has 90 valence electrons. The van der Waals surface area contributed by atoms with Crippen molar-refractivity contribution in [1.29, 1.82) is 0 Å². The van der Waals surface area contributed by atoms with E-state index in [4.69, 9.17) is 5.84 Å². The number of nitrogens with zero attached hydrogens (tertiary/aromatic N) is 2. The first-order chi connectivity index (χ1) is 8.22. The Morgan fingerprint density at radius 2 is 2.06 bits per heavy atom. The molecule has 0 bridgehead atoms. The summed E-state index contributed by atoms with van der Waals surface area (Å²) in [5.41, 5.74) is 3.04. The lowest BCUT2D eigenvalue weighted by molar-refractivity contribution is 0.492. The normalized spacial score (nSPS) is 12.6. The van der Waals surface area contributed by atoms with E-state index in [2.05, 4.69) is 15.0 Å². The summed E-state index contributed by atoms with van der Waals surface area (Å²) in [6, 6.07) is 3.29. The summed E-state index contributed by atoms with van der Waals surface area (Å²) >= 11 is 1.16. The fourth-order valence-electron chi connectivity index (χ4n) is 1.50. The molecule has 4 nitrogen and oxygen atoms in total. The highest BCUT2D eigenvalue weighted by molar-refractivity contribution is 7.03. The quantitative estimate of drug-likeness (QED) is 0.643. The van der Waals surface area contributed by atoms with Gasteiger partial charge >= 0.3 is 0 Å². The molecule has 1 aromatic carbocycles. The van der Waals surface area contributed by atoms with E-state index in [1.165, 1.54) is 18.2 Å². The van der Waals surface area contributed by atoms with Crippen LogP contribution in [0.4, 0.5) is 8.78 Å². The third kappa shape index (κ3) is 2.63. The van der Waals surface area contributed by atoms with Crippen molar-refractivity contribution in [2.75, 3.05) is 0 Å². The molecule has 1 aromatic heterocycles. The van der Waals surface area contributed by atoms with E-state index in [1.807, 2.05) is 0 Å². The highest BCUT2D eigenvalue weighted by Crippen LogP contribution is 2.20. The number of nitrogens with two attached hydrogens (primary N) is 1. The van der Waals surface area contributed by atoms with Crippen LogP contribution in [0.3, 0.4) is 0 Å². The van der Waals surface area contributed by atoms with Crippen LogP contribution in [0, 0.1) is 11.6 Å². The average Bonchev–Trinajstić information content (AvgIpc) is 2.82. The van der Waals surface area contributed by atoms with Gasteiger partial charge in [0.15, 0.2) is 0 Å². The fourth-order valence-corrected chi connectivity index (χ4v) is 2.01. The molecule has 0 spiro atoms. The molecule has 17 heavy (non-hydrogen) atoms. The Kier molecular flexibility index (Phi) is 3.72.